The molecule has 2 N–H and O–H groups in total. The number of rotatable bonds is 4. The van der Waals surface area contributed by atoms with Crippen LogP contribution in [0.5, 0.6) is 5.75 Å². The minimum atomic E-state index is -3.87. The molecule has 2 atom stereocenters. The van der Waals surface area contributed by atoms with Crippen LogP contribution in [0, 0.1) is 0 Å². The second kappa shape index (κ2) is 6.30. The highest BCUT2D eigenvalue weighted by Gasteiger charge is 2.25. The Kier molecular flexibility index (Phi) is 4.90. The van der Waals surface area contributed by atoms with E-state index >= 15 is 0 Å². The maximum Gasteiger partial charge on any atom is 0.241 e. The van der Waals surface area contributed by atoms with E-state index in [1.807, 2.05) is 0 Å². The molecule has 0 heterocycles. The first-order valence-electron chi connectivity index (χ1n) is 6.42. The van der Waals surface area contributed by atoms with Crippen LogP contribution in [0.1, 0.15) is 25.7 Å². The van der Waals surface area contributed by atoms with E-state index < -0.39 is 10.0 Å². The monoisotopic (exact) mass is 319 g/mol. The minimum Gasteiger partial charge on any atom is -0.489 e. The molecule has 1 aliphatic rings. The number of hydrogen-bond donors (Lipinski definition) is 1. The highest BCUT2D eigenvalue weighted by Crippen LogP contribution is 2.30. The van der Waals surface area contributed by atoms with Crippen LogP contribution >= 0.6 is 11.6 Å². The topological polar surface area (TPSA) is 78.6 Å². The molecule has 7 heteroatoms. The summed E-state index contributed by atoms with van der Waals surface area (Å²) in [5.41, 5.74) is 0. The first-order valence-corrected chi connectivity index (χ1v) is 8.34. The number of ether oxygens (including phenoxy) is 2. The fourth-order valence-electron chi connectivity index (χ4n) is 2.40. The third-order valence-corrected chi connectivity index (χ3v) is 4.58. The van der Waals surface area contributed by atoms with Gasteiger partial charge in [0.05, 0.1) is 6.10 Å². The SMILES string of the molecule is COC1CCCC(Oc2ccc(Cl)cc2S(N)(=O)=O)C1. The molecule has 0 radical (unpaired) electrons. The lowest BCUT2D eigenvalue weighted by Gasteiger charge is -2.29. The maximum absolute atomic E-state index is 11.6. The largest absolute Gasteiger partial charge is 0.489 e. The highest BCUT2D eigenvalue weighted by atomic mass is 35.5. The van der Waals surface area contributed by atoms with E-state index in [4.69, 9.17) is 26.2 Å². The smallest absolute Gasteiger partial charge is 0.241 e. The van der Waals surface area contributed by atoms with Crippen molar-refractivity contribution in [3.05, 3.63) is 23.2 Å². The molecule has 112 valence electrons. The summed E-state index contributed by atoms with van der Waals surface area (Å²) in [6.45, 7) is 0. The van der Waals surface area contributed by atoms with Gasteiger partial charge in [-0.1, -0.05) is 11.6 Å². The summed E-state index contributed by atoms with van der Waals surface area (Å²) < 4.78 is 34.3. The Balaban J connectivity index is 2.21. The number of hydrogen-bond acceptors (Lipinski definition) is 4. The summed E-state index contributed by atoms with van der Waals surface area (Å²) in [7, 11) is -2.19. The molecule has 5 nitrogen and oxygen atoms in total. The van der Waals surface area contributed by atoms with Gasteiger partial charge in [0.15, 0.2) is 0 Å². The zero-order valence-corrected chi connectivity index (χ0v) is 12.8. The van der Waals surface area contributed by atoms with Crippen molar-refractivity contribution in [1.29, 1.82) is 0 Å². The molecule has 0 saturated heterocycles. The van der Waals surface area contributed by atoms with Crippen molar-refractivity contribution < 1.29 is 17.9 Å². The third-order valence-electron chi connectivity index (χ3n) is 3.42. The van der Waals surface area contributed by atoms with Crippen molar-refractivity contribution in [2.75, 3.05) is 7.11 Å². The number of benzene rings is 1. The average molecular weight is 320 g/mol. The van der Waals surface area contributed by atoms with E-state index in [0.29, 0.717) is 5.02 Å². The van der Waals surface area contributed by atoms with E-state index in [1.54, 1.807) is 19.2 Å². The molecule has 20 heavy (non-hydrogen) atoms. The third kappa shape index (κ3) is 3.85. The lowest BCUT2D eigenvalue weighted by molar-refractivity contribution is 0.0200. The van der Waals surface area contributed by atoms with Crippen LogP contribution in [0.15, 0.2) is 23.1 Å². The van der Waals surface area contributed by atoms with Gasteiger partial charge < -0.3 is 9.47 Å². The van der Waals surface area contributed by atoms with Gasteiger partial charge in [-0.2, -0.15) is 0 Å². The van der Waals surface area contributed by atoms with Gasteiger partial charge in [-0.05, 0) is 37.5 Å². The quantitative estimate of drug-likeness (QED) is 0.923. The zero-order chi connectivity index (χ0) is 14.8. The van der Waals surface area contributed by atoms with Crippen molar-refractivity contribution in [3.63, 3.8) is 0 Å². The Morgan fingerprint density at radius 3 is 2.65 bits per heavy atom. The first kappa shape index (κ1) is 15.6. The first-order chi connectivity index (χ1) is 9.40. The van der Waals surface area contributed by atoms with Crippen LogP contribution in [0.3, 0.4) is 0 Å². The van der Waals surface area contributed by atoms with Crippen molar-refractivity contribution >= 4 is 21.6 Å². The lowest BCUT2D eigenvalue weighted by Crippen LogP contribution is -2.30. The van der Waals surface area contributed by atoms with Crippen LogP contribution in [-0.4, -0.2) is 27.7 Å². The van der Waals surface area contributed by atoms with E-state index in [0.717, 1.165) is 25.7 Å². The Labute approximate surface area is 124 Å². The molecular formula is C13H18ClNO4S. The maximum atomic E-state index is 11.6. The highest BCUT2D eigenvalue weighted by molar-refractivity contribution is 7.89. The molecule has 2 unspecified atom stereocenters. The normalized spacial score (nSPS) is 23.6. The molecule has 0 bridgehead atoms. The molecule has 0 amide bonds. The molecule has 0 aliphatic heterocycles. The molecule has 1 saturated carbocycles. The second-order valence-corrected chi connectivity index (χ2v) is 6.87. The summed E-state index contributed by atoms with van der Waals surface area (Å²) in [6.07, 6.45) is 3.67. The summed E-state index contributed by atoms with van der Waals surface area (Å²) in [6, 6.07) is 4.43. The molecule has 0 aromatic heterocycles. The van der Waals surface area contributed by atoms with Crippen molar-refractivity contribution in [3.8, 4) is 5.75 Å². The van der Waals surface area contributed by atoms with Crippen LogP contribution in [0.4, 0.5) is 0 Å². The number of nitrogens with two attached hydrogens (primary N) is 1. The molecule has 0 spiro atoms. The molecule has 1 aliphatic carbocycles. The summed E-state index contributed by atoms with van der Waals surface area (Å²) in [5, 5.41) is 5.50. The van der Waals surface area contributed by atoms with Crippen molar-refractivity contribution in [2.24, 2.45) is 5.14 Å². The predicted molar refractivity (Wildman–Crippen MR) is 76.5 cm³/mol. The lowest BCUT2D eigenvalue weighted by atomic mass is 9.95. The van der Waals surface area contributed by atoms with Crippen LogP contribution in [0.2, 0.25) is 5.02 Å². The van der Waals surface area contributed by atoms with E-state index in [2.05, 4.69) is 0 Å². The Hall–Kier alpha value is -0.820. The summed E-state index contributed by atoms with van der Waals surface area (Å²) in [5.74, 6) is 0.249. The van der Waals surface area contributed by atoms with Gasteiger partial charge in [0, 0.05) is 18.6 Å². The van der Waals surface area contributed by atoms with Gasteiger partial charge in [-0.15, -0.1) is 0 Å². The number of primary sulfonamides is 1. The van der Waals surface area contributed by atoms with Gasteiger partial charge in [0.25, 0.3) is 0 Å². The second-order valence-electron chi connectivity index (χ2n) is 4.90. The number of methoxy groups -OCH3 is 1. The van der Waals surface area contributed by atoms with Gasteiger partial charge in [-0.25, -0.2) is 13.6 Å². The van der Waals surface area contributed by atoms with Crippen molar-refractivity contribution in [1.82, 2.24) is 0 Å². The van der Waals surface area contributed by atoms with Gasteiger partial charge in [0.1, 0.15) is 16.7 Å². The average Bonchev–Trinajstić information content (AvgIpc) is 2.40. The zero-order valence-electron chi connectivity index (χ0n) is 11.2. The fourth-order valence-corrected chi connectivity index (χ4v) is 3.33. The number of halogens is 1. The Bertz CT molecular complexity index is 576. The van der Waals surface area contributed by atoms with Crippen LogP contribution in [0.25, 0.3) is 0 Å². The van der Waals surface area contributed by atoms with Crippen molar-refractivity contribution in [2.45, 2.75) is 42.8 Å². The fraction of sp³-hybridized carbons (Fsp3) is 0.538. The predicted octanol–water partition coefficient (Wildman–Crippen LogP) is 2.32. The van der Waals surface area contributed by atoms with E-state index in [9.17, 15) is 8.42 Å². The van der Waals surface area contributed by atoms with E-state index in [-0.39, 0.29) is 22.9 Å². The number of sulfonamides is 1. The minimum absolute atomic E-state index is 0.0737. The molecule has 1 fully saturated rings. The van der Waals surface area contributed by atoms with Gasteiger partial charge in [0.2, 0.25) is 10.0 Å². The van der Waals surface area contributed by atoms with Crippen LogP contribution in [-0.2, 0) is 14.8 Å². The molecule has 1 aromatic carbocycles. The standard InChI is InChI=1S/C13H18ClNO4S/c1-18-10-3-2-4-11(8-10)19-12-6-5-9(14)7-13(12)20(15,16)17/h5-7,10-11H,2-4,8H2,1H3,(H2,15,16,17). The van der Waals surface area contributed by atoms with Crippen LogP contribution < -0.4 is 9.88 Å². The van der Waals surface area contributed by atoms with Gasteiger partial charge >= 0.3 is 0 Å². The summed E-state index contributed by atoms with van der Waals surface area (Å²) in [4.78, 5) is -0.0791. The summed E-state index contributed by atoms with van der Waals surface area (Å²) >= 11 is 5.82. The van der Waals surface area contributed by atoms with E-state index in [1.165, 1.54) is 6.07 Å². The van der Waals surface area contributed by atoms with Gasteiger partial charge in [-0.3, -0.25) is 0 Å². The molecule has 2 rings (SSSR count). The molecule has 1 aromatic rings. The molecular weight excluding hydrogens is 302 g/mol. The Morgan fingerprint density at radius 2 is 2.00 bits per heavy atom. The Morgan fingerprint density at radius 1 is 1.30 bits per heavy atom.